The Bertz CT molecular complexity index is 1410. The summed E-state index contributed by atoms with van der Waals surface area (Å²) in [6.07, 6.45) is 0. The Kier molecular flexibility index (Phi) is 9.30. The fourth-order valence-electron chi connectivity index (χ4n) is 4.45. The molecule has 0 amide bonds. The molecule has 1 aliphatic heterocycles. The molecule has 4 nitrogen and oxygen atoms in total. The molecule has 0 aliphatic carbocycles. The van der Waals surface area contributed by atoms with Gasteiger partial charge in [-0.2, -0.15) is 54.2 Å². The summed E-state index contributed by atoms with van der Waals surface area (Å²) in [5.41, 5.74) is 9.21. The summed E-state index contributed by atoms with van der Waals surface area (Å²) >= 11 is 0. The predicted octanol–water partition coefficient (Wildman–Crippen LogP) is 6.98. The molecule has 0 radical (unpaired) electrons. The van der Waals surface area contributed by atoms with Crippen molar-refractivity contribution in [3.05, 3.63) is 133 Å². The molecule has 5 heteroatoms. The van der Waals surface area contributed by atoms with E-state index in [1.807, 2.05) is 48.9 Å². The van der Waals surface area contributed by atoms with E-state index in [0.29, 0.717) is 0 Å². The van der Waals surface area contributed by atoms with Gasteiger partial charge in [0.05, 0.1) is 5.69 Å². The van der Waals surface area contributed by atoms with Crippen LogP contribution in [0.25, 0.3) is 27.9 Å². The van der Waals surface area contributed by atoms with Crippen LogP contribution in [-0.4, -0.2) is 34.8 Å². The minimum absolute atomic E-state index is 0. The monoisotopic (exact) mass is 676 g/mol. The average Bonchev–Trinajstić information content (AvgIpc) is 3.54. The van der Waals surface area contributed by atoms with Crippen LogP contribution in [0.5, 0.6) is 0 Å². The molecule has 1 saturated heterocycles. The van der Waals surface area contributed by atoms with E-state index >= 15 is 0 Å². The van der Waals surface area contributed by atoms with E-state index in [9.17, 15) is 0 Å². The van der Waals surface area contributed by atoms with Gasteiger partial charge in [-0.05, 0) is 56.9 Å². The van der Waals surface area contributed by atoms with E-state index in [0.717, 1.165) is 35.9 Å². The van der Waals surface area contributed by atoms with Crippen molar-refractivity contribution in [1.82, 2.24) is 14.7 Å². The Morgan fingerprint density at radius 1 is 0.711 bits per heavy atom. The number of nitrogens with zero attached hydrogens (tertiary/aromatic N) is 4. The molecule has 0 bridgehead atoms. The van der Waals surface area contributed by atoms with E-state index in [-0.39, 0.29) is 20.1 Å². The van der Waals surface area contributed by atoms with E-state index in [1.54, 1.807) is 0 Å². The molecular formula is C33H31IrN4. The van der Waals surface area contributed by atoms with Gasteiger partial charge in [-0.1, -0.05) is 60.2 Å². The molecule has 1 fully saturated rings. The summed E-state index contributed by atoms with van der Waals surface area (Å²) in [6.45, 7) is 8.27. The second-order valence-electron chi connectivity index (χ2n) is 9.28. The molecular weight excluding hydrogens is 645 g/mol. The molecule has 6 rings (SSSR count). The summed E-state index contributed by atoms with van der Waals surface area (Å²) in [4.78, 5) is 4.44. The quantitative estimate of drug-likeness (QED) is 0.192. The summed E-state index contributed by atoms with van der Waals surface area (Å²) in [7, 11) is 2.10. The van der Waals surface area contributed by atoms with Crippen LogP contribution in [0.3, 0.4) is 0 Å². The third-order valence-corrected chi connectivity index (χ3v) is 6.39. The average molecular weight is 676 g/mol. The number of hydrogen-bond acceptors (Lipinski definition) is 3. The Hall–Kier alpha value is -3.50. The van der Waals surface area contributed by atoms with E-state index in [2.05, 4.69) is 114 Å². The van der Waals surface area contributed by atoms with E-state index in [1.165, 1.54) is 22.3 Å². The van der Waals surface area contributed by atoms with Crippen LogP contribution in [0.4, 0.5) is 5.69 Å². The maximum atomic E-state index is 4.37. The molecule has 0 N–H and O–H groups in total. The van der Waals surface area contributed by atoms with Crippen LogP contribution in [0.1, 0.15) is 11.4 Å². The van der Waals surface area contributed by atoms with E-state index < -0.39 is 0 Å². The molecule has 0 saturated carbocycles. The van der Waals surface area contributed by atoms with Crippen LogP contribution in [0, 0.1) is 32.6 Å². The molecule has 0 unspecified atom stereocenters. The zero-order chi connectivity index (χ0) is 25.6. The molecule has 1 aromatic heterocycles. The van der Waals surface area contributed by atoms with Gasteiger partial charge in [0.1, 0.15) is 0 Å². The number of anilines is 1. The number of aromatic nitrogens is 2. The predicted molar refractivity (Wildman–Crippen MR) is 152 cm³/mol. The van der Waals surface area contributed by atoms with Crippen LogP contribution in [0.15, 0.2) is 103 Å². The number of hydrogen-bond donors (Lipinski definition) is 0. The van der Waals surface area contributed by atoms with Gasteiger partial charge in [-0.3, -0.25) is 4.68 Å². The van der Waals surface area contributed by atoms with Crippen molar-refractivity contribution in [3.8, 4) is 27.9 Å². The maximum Gasteiger partial charge on any atom is 3.00 e. The molecule has 0 spiro atoms. The van der Waals surface area contributed by atoms with Gasteiger partial charge >= 0.3 is 20.1 Å². The molecule has 5 aromatic rings. The largest absolute Gasteiger partial charge is 3.00 e. The van der Waals surface area contributed by atoms with Gasteiger partial charge in [0.15, 0.2) is 0 Å². The van der Waals surface area contributed by atoms with Crippen molar-refractivity contribution in [1.29, 1.82) is 0 Å². The van der Waals surface area contributed by atoms with Gasteiger partial charge in [0.25, 0.3) is 0 Å². The van der Waals surface area contributed by atoms with Crippen LogP contribution >= 0.6 is 0 Å². The van der Waals surface area contributed by atoms with Crippen LogP contribution < -0.4 is 4.90 Å². The molecule has 2 heterocycles. The third-order valence-electron chi connectivity index (χ3n) is 6.39. The second kappa shape index (κ2) is 12.8. The normalized spacial score (nSPS) is 13.0. The minimum atomic E-state index is 0. The fraction of sp³-hybridized carbons (Fsp3) is 0.152. The van der Waals surface area contributed by atoms with Crippen molar-refractivity contribution < 1.29 is 20.1 Å². The van der Waals surface area contributed by atoms with Crippen molar-refractivity contribution >= 4 is 5.69 Å². The molecule has 0 atom stereocenters. The number of likely N-dealkylation sites (N-methyl/N-ethyl adjacent to an activating group) is 1. The Morgan fingerprint density at radius 3 is 1.92 bits per heavy atom. The molecule has 192 valence electrons. The smallest absolute Gasteiger partial charge is 0.528 e. The Balaban J connectivity index is 0.000000204. The summed E-state index contributed by atoms with van der Waals surface area (Å²) in [6, 6.07) is 42.1. The summed E-state index contributed by atoms with van der Waals surface area (Å²) in [5.74, 6) is 0. The van der Waals surface area contributed by atoms with Crippen molar-refractivity contribution in [2.75, 3.05) is 25.0 Å². The van der Waals surface area contributed by atoms with Gasteiger partial charge in [-0.25, -0.2) is 0 Å². The number of benzene rings is 4. The first-order valence-electron chi connectivity index (χ1n) is 12.6. The number of para-hydroxylation sites is 1. The zero-order valence-corrected chi connectivity index (χ0v) is 24.3. The van der Waals surface area contributed by atoms with Crippen molar-refractivity contribution in [2.24, 2.45) is 0 Å². The fourth-order valence-corrected chi connectivity index (χ4v) is 4.45. The van der Waals surface area contributed by atoms with Crippen molar-refractivity contribution in [3.63, 3.8) is 0 Å². The molecule has 1 aliphatic rings. The molecule has 4 aromatic carbocycles. The third kappa shape index (κ3) is 6.68. The number of rotatable bonds is 4. The number of aryl methyl sites for hydroxylation is 2. The standard InChI is InChI=1S/C22H20N2.C11H11N2.Ir/c1-23-15-16-24(17-23)22-13-11-21(12-14-22)20-9-7-19(8-10-20)18-5-3-2-4-6-18;1-9-8-10(2)13(12-9)11-6-4-3-5-7-11;/h2-13,17H,15-16H2,1H3;3-6,8H,1-2H3;/q-2;-1;+3. The van der Waals surface area contributed by atoms with Gasteiger partial charge in [-0.15, -0.1) is 23.4 Å². The second-order valence-corrected chi connectivity index (χ2v) is 9.28. The topological polar surface area (TPSA) is 24.3 Å². The van der Waals surface area contributed by atoms with E-state index in [4.69, 9.17) is 0 Å². The van der Waals surface area contributed by atoms with Crippen molar-refractivity contribution in [2.45, 2.75) is 13.8 Å². The first kappa shape index (κ1) is 27.5. The SMILES string of the molecule is CN1[CH-]N(c2[c-]cc(-c3ccc(-c4ccccc4)cc3)cc2)CC1.Cc1cc(C)n(-c2[c-]cccc2)n1.[Ir+3]. The first-order valence-corrected chi connectivity index (χ1v) is 12.6. The van der Waals surface area contributed by atoms with Gasteiger partial charge in [0.2, 0.25) is 0 Å². The molecule has 38 heavy (non-hydrogen) atoms. The minimum Gasteiger partial charge on any atom is -0.528 e. The van der Waals surface area contributed by atoms with Gasteiger partial charge < -0.3 is 9.80 Å². The first-order chi connectivity index (χ1) is 18.1. The summed E-state index contributed by atoms with van der Waals surface area (Å²) in [5, 5.41) is 4.37. The summed E-state index contributed by atoms with van der Waals surface area (Å²) < 4.78 is 1.90. The van der Waals surface area contributed by atoms with Crippen LogP contribution in [-0.2, 0) is 20.1 Å². The zero-order valence-electron chi connectivity index (χ0n) is 21.9. The Labute approximate surface area is 239 Å². The van der Waals surface area contributed by atoms with Gasteiger partial charge in [0, 0.05) is 5.69 Å². The Morgan fingerprint density at radius 2 is 1.37 bits per heavy atom. The maximum absolute atomic E-state index is 4.37. The van der Waals surface area contributed by atoms with Crippen LogP contribution in [0.2, 0.25) is 0 Å².